The van der Waals surface area contributed by atoms with Crippen LogP contribution >= 0.6 is 11.3 Å². The van der Waals surface area contributed by atoms with E-state index in [1.807, 2.05) is 20.2 Å². The number of nitrogens with one attached hydrogen (secondary N) is 1. The van der Waals surface area contributed by atoms with E-state index in [1.54, 1.807) is 16.2 Å². The van der Waals surface area contributed by atoms with Gasteiger partial charge in [0.05, 0.1) is 11.4 Å². The first-order valence-corrected chi connectivity index (χ1v) is 8.81. The molecule has 0 bridgehead atoms. The molecule has 0 saturated heterocycles. The lowest BCUT2D eigenvalue weighted by Crippen LogP contribution is -2.24. The minimum atomic E-state index is -0.0903. The SMILES string of the molecule is CC1CCc2sc(C(=O)NCc3nc(N)nc(N(C)C)n3)cc2C1. The zero-order chi connectivity index (χ0) is 17.3. The third kappa shape index (κ3) is 3.64. The van der Waals surface area contributed by atoms with E-state index in [9.17, 15) is 4.79 Å². The number of amides is 1. The number of hydrogen-bond acceptors (Lipinski definition) is 7. The van der Waals surface area contributed by atoms with Crippen LogP contribution in [0.4, 0.5) is 11.9 Å². The first-order chi connectivity index (χ1) is 11.4. The van der Waals surface area contributed by atoms with Crippen LogP contribution in [0.2, 0.25) is 0 Å². The van der Waals surface area contributed by atoms with E-state index in [0.717, 1.165) is 17.7 Å². The van der Waals surface area contributed by atoms with Crippen LogP contribution in [0, 0.1) is 5.92 Å². The molecule has 0 spiro atoms. The van der Waals surface area contributed by atoms with Crippen LogP contribution in [0.15, 0.2) is 6.07 Å². The summed E-state index contributed by atoms with van der Waals surface area (Å²) in [5, 5.41) is 2.87. The molecule has 0 aliphatic heterocycles. The minimum absolute atomic E-state index is 0.0903. The predicted molar refractivity (Wildman–Crippen MR) is 95.2 cm³/mol. The van der Waals surface area contributed by atoms with Gasteiger partial charge < -0.3 is 16.0 Å². The average molecular weight is 346 g/mol. The zero-order valence-corrected chi connectivity index (χ0v) is 15.0. The number of nitrogens with two attached hydrogens (primary N) is 1. The van der Waals surface area contributed by atoms with Gasteiger partial charge in [0.1, 0.15) is 0 Å². The van der Waals surface area contributed by atoms with Gasteiger partial charge in [0.25, 0.3) is 5.91 Å². The molecule has 1 unspecified atom stereocenters. The van der Waals surface area contributed by atoms with Crippen LogP contribution in [0.25, 0.3) is 0 Å². The molecule has 1 atom stereocenters. The van der Waals surface area contributed by atoms with E-state index >= 15 is 0 Å². The molecule has 7 nitrogen and oxygen atoms in total. The highest BCUT2D eigenvalue weighted by Crippen LogP contribution is 2.32. The Morgan fingerprint density at radius 3 is 2.96 bits per heavy atom. The maximum absolute atomic E-state index is 12.4. The lowest BCUT2D eigenvalue weighted by Gasteiger charge is -2.16. The number of carbonyl (C=O) groups is 1. The van der Waals surface area contributed by atoms with Gasteiger partial charge in [0.15, 0.2) is 5.82 Å². The van der Waals surface area contributed by atoms with Gasteiger partial charge in [0, 0.05) is 19.0 Å². The van der Waals surface area contributed by atoms with Crippen LogP contribution in [0.1, 0.15) is 39.3 Å². The van der Waals surface area contributed by atoms with Gasteiger partial charge in [-0.05, 0) is 36.8 Å². The largest absolute Gasteiger partial charge is 0.368 e. The number of hydrogen-bond donors (Lipinski definition) is 2. The lowest BCUT2D eigenvalue weighted by atomic mass is 9.90. The molecule has 0 saturated carbocycles. The first-order valence-electron chi connectivity index (χ1n) is 8.00. The number of anilines is 2. The van der Waals surface area contributed by atoms with Crippen molar-refractivity contribution in [1.29, 1.82) is 0 Å². The number of nitrogens with zero attached hydrogens (tertiary/aromatic N) is 4. The second kappa shape index (κ2) is 6.72. The molecule has 1 aliphatic rings. The van der Waals surface area contributed by atoms with Crippen molar-refractivity contribution in [2.24, 2.45) is 5.92 Å². The second-order valence-electron chi connectivity index (χ2n) is 6.39. The van der Waals surface area contributed by atoms with Crippen molar-refractivity contribution >= 4 is 29.1 Å². The summed E-state index contributed by atoms with van der Waals surface area (Å²) >= 11 is 1.59. The molecule has 3 rings (SSSR count). The molecule has 128 valence electrons. The van der Waals surface area contributed by atoms with E-state index < -0.39 is 0 Å². The van der Waals surface area contributed by atoms with Gasteiger partial charge in [-0.2, -0.15) is 15.0 Å². The summed E-state index contributed by atoms with van der Waals surface area (Å²) in [4.78, 5) is 28.7. The monoisotopic (exact) mass is 346 g/mol. The smallest absolute Gasteiger partial charge is 0.261 e. The summed E-state index contributed by atoms with van der Waals surface area (Å²) in [5.74, 6) is 1.69. The maximum atomic E-state index is 12.4. The third-order valence-electron chi connectivity index (χ3n) is 4.05. The molecule has 1 aliphatic carbocycles. The van der Waals surface area contributed by atoms with Crippen molar-refractivity contribution in [3.8, 4) is 0 Å². The van der Waals surface area contributed by atoms with Gasteiger partial charge in [-0.3, -0.25) is 4.79 Å². The molecule has 2 aromatic rings. The molecular formula is C16H22N6OS. The van der Waals surface area contributed by atoms with E-state index in [0.29, 0.717) is 17.7 Å². The molecule has 3 N–H and O–H groups in total. The molecule has 2 heterocycles. The van der Waals surface area contributed by atoms with Crippen LogP contribution in [0.5, 0.6) is 0 Å². The van der Waals surface area contributed by atoms with Gasteiger partial charge in [-0.25, -0.2) is 0 Å². The Morgan fingerprint density at radius 2 is 2.21 bits per heavy atom. The van der Waals surface area contributed by atoms with Crippen molar-refractivity contribution in [2.45, 2.75) is 32.7 Å². The summed E-state index contributed by atoms with van der Waals surface area (Å²) in [6.45, 7) is 2.49. The van der Waals surface area contributed by atoms with Crippen molar-refractivity contribution in [1.82, 2.24) is 20.3 Å². The highest BCUT2D eigenvalue weighted by atomic mass is 32.1. The molecule has 8 heteroatoms. The van der Waals surface area contributed by atoms with Crippen LogP contribution in [0.3, 0.4) is 0 Å². The standard InChI is InChI=1S/C16H22N6OS/c1-9-4-5-11-10(6-9)7-12(24-11)14(23)18-8-13-19-15(17)21-16(20-13)22(2)3/h7,9H,4-6,8H2,1-3H3,(H,18,23)(H2,17,19,20,21). The maximum Gasteiger partial charge on any atom is 0.261 e. The number of aryl methyl sites for hydroxylation is 1. The minimum Gasteiger partial charge on any atom is -0.368 e. The van der Waals surface area contributed by atoms with Gasteiger partial charge in [0.2, 0.25) is 11.9 Å². The summed E-state index contributed by atoms with van der Waals surface area (Å²) in [5.41, 5.74) is 7.02. The second-order valence-corrected chi connectivity index (χ2v) is 7.53. The van der Waals surface area contributed by atoms with E-state index in [4.69, 9.17) is 5.73 Å². The summed E-state index contributed by atoms with van der Waals surface area (Å²) in [7, 11) is 3.66. The summed E-state index contributed by atoms with van der Waals surface area (Å²) < 4.78 is 0. The quantitative estimate of drug-likeness (QED) is 0.873. The molecule has 0 radical (unpaired) electrons. The summed E-state index contributed by atoms with van der Waals surface area (Å²) in [6, 6.07) is 2.03. The Balaban J connectivity index is 1.68. The molecule has 2 aromatic heterocycles. The molecule has 24 heavy (non-hydrogen) atoms. The molecule has 1 amide bonds. The van der Waals surface area contributed by atoms with E-state index in [1.165, 1.54) is 16.9 Å². The molecule has 0 fully saturated rings. The van der Waals surface area contributed by atoms with Gasteiger partial charge in [-0.15, -0.1) is 11.3 Å². The average Bonchev–Trinajstić information content (AvgIpc) is 2.95. The molecular weight excluding hydrogens is 324 g/mol. The van der Waals surface area contributed by atoms with Gasteiger partial charge >= 0.3 is 0 Å². The number of rotatable bonds is 4. The number of carbonyl (C=O) groups excluding carboxylic acids is 1. The van der Waals surface area contributed by atoms with E-state index in [-0.39, 0.29) is 18.4 Å². The van der Waals surface area contributed by atoms with Crippen molar-refractivity contribution < 1.29 is 4.79 Å². The fraction of sp³-hybridized carbons (Fsp3) is 0.500. The highest BCUT2D eigenvalue weighted by Gasteiger charge is 2.20. The normalized spacial score (nSPS) is 16.5. The Labute approximate surface area is 145 Å². The Kier molecular flexibility index (Phi) is 4.66. The van der Waals surface area contributed by atoms with Gasteiger partial charge in [-0.1, -0.05) is 6.92 Å². The molecule has 0 aromatic carbocycles. The van der Waals surface area contributed by atoms with E-state index in [2.05, 4.69) is 27.2 Å². The number of fused-ring (bicyclic) bond motifs is 1. The third-order valence-corrected chi connectivity index (χ3v) is 5.28. The van der Waals surface area contributed by atoms with Crippen molar-refractivity contribution in [2.75, 3.05) is 24.7 Å². The first kappa shape index (κ1) is 16.6. The summed E-state index contributed by atoms with van der Waals surface area (Å²) in [6.07, 6.45) is 3.34. The predicted octanol–water partition coefficient (Wildman–Crippen LogP) is 1.64. The van der Waals surface area contributed by atoms with Crippen LogP contribution in [-0.4, -0.2) is 35.0 Å². The van der Waals surface area contributed by atoms with Crippen LogP contribution < -0.4 is 16.0 Å². The topological polar surface area (TPSA) is 97.0 Å². The lowest BCUT2D eigenvalue weighted by molar-refractivity contribution is 0.0954. The number of aromatic nitrogens is 3. The Morgan fingerprint density at radius 1 is 1.42 bits per heavy atom. The van der Waals surface area contributed by atoms with Crippen molar-refractivity contribution in [3.05, 3.63) is 27.2 Å². The number of nitrogen functional groups attached to an aromatic ring is 1. The fourth-order valence-corrected chi connectivity index (χ4v) is 3.89. The zero-order valence-electron chi connectivity index (χ0n) is 14.2. The van der Waals surface area contributed by atoms with Crippen LogP contribution in [-0.2, 0) is 19.4 Å². The Bertz CT molecular complexity index is 757. The Hall–Kier alpha value is -2.22. The highest BCUT2D eigenvalue weighted by molar-refractivity contribution is 7.14. The van der Waals surface area contributed by atoms with Crippen molar-refractivity contribution in [3.63, 3.8) is 0 Å². The number of thiophene rings is 1. The fourth-order valence-electron chi connectivity index (χ4n) is 2.77.